The summed E-state index contributed by atoms with van der Waals surface area (Å²) in [4.78, 5) is 4.56. The molecule has 0 aliphatic heterocycles. The second kappa shape index (κ2) is 7.61. The summed E-state index contributed by atoms with van der Waals surface area (Å²) in [6.45, 7) is 8.49. The fourth-order valence-corrected chi connectivity index (χ4v) is 2.82. The summed E-state index contributed by atoms with van der Waals surface area (Å²) in [5.74, 6) is 0.869. The van der Waals surface area contributed by atoms with Crippen LogP contribution in [0.15, 0.2) is 28.9 Å². The van der Waals surface area contributed by atoms with Crippen LogP contribution < -0.4 is 5.32 Å². The quantitative estimate of drug-likeness (QED) is 0.763. The smallest absolute Gasteiger partial charge is 0.207 e. The van der Waals surface area contributed by atoms with E-state index in [9.17, 15) is 0 Å². The van der Waals surface area contributed by atoms with Crippen LogP contribution in [-0.4, -0.2) is 29.3 Å². The molecule has 1 heterocycles. The zero-order chi connectivity index (χ0) is 15.2. The van der Waals surface area contributed by atoms with Gasteiger partial charge in [0.2, 0.25) is 5.95 Å². The van der Waals surface area contributed by atoms with Gasteiger partial charge in [-0.05, 0) is 60.8 Å². The van der Waals surface area contributed by atoms with E-state index in [4.69, 9.17) is 4.74 Å². The standard InChI is InChI=1S/C16H22BrN3O/c1-4-21-9-5-8-18-16-19-13(3)11-20(16)15-7-6-12(2)10-14(15)17/h6-7,10-11H,4-5,8-9H2,1-3H3,(H,18,19). The minimum Gasteiger partial charge on any atom is -0.382 e. The molecule has 5 heteroatoms. The third-order valence-electron chi connectivity index (χ3n) is 3.14. The lowest BCUT2D eigenvalue weighted by atomic mass is 10.2. The van der Waals surface area contributed by atoms with Crippen molar-refractivity contribution >= 4 is 21.9 Å². The average Bonchev–Trinajstić information content (AvgIpc) is 2.79. The molecule has 0 spiro atoms. The van der Waals surface area contributed by atoms with Crippen molar-refractivity contribution in [1.82, 2.24) is 9.55 Å². The molecule has 0 saturated heterocycles. The third-order valence-corrected chi connectivity index (χ3v) is 3.78. The molecule has 1 aromatic carbocycles. The molecule has 114 valence electrons. The Bertz CT molecular complexity index is 595. The highest BCUT2D eigenvalue weighted by molar-refractivity contribution is 9.10. The summed E-state index contributed by atoms with van der Waals surface area (Å²) in [5.41, 5.74) is 3.32. The Kier molecular flexibility index (Phi) is 5.82. The topological polar surface area (TPSA) is 39.1 Å². The van der Waals surface area contributed by atoms with Crippen molar-refractivity contribution in [2.45, 2.75) is 27.2 Å². The van der Waals surface area contributed by atoms with Crippen molar-refractivity contribution in [3.05, 3.63) is 40.1 Å². The molecule has 0 fully saturated rings. The third kappa shape index (κ3) is 4.32. The molecule has 0 bridgehead atoms. The molecule has 1 aromatic heterocycles. The Morgan fingerprint density at radius 2 is 2.14 bits per heavy atom. The molecule has 1 N–H and O–H groups in total. The van der Waals surface area contributed by atoms with Gasteiger partial charge in [0.05, 0.1) is 11.4 Å². The number of hydrogen-bond donors (Lipinski definition) is 1. The van der Waals surface area contributed by atoms with Crippen molar-refractivity contribution in [3.63, 3.8) is 0 Å². The Hall–Kier alpha value is -1.33. The Morgan fingerprint density at radius 1 is 1.33 bits per heavy atom. The molecule has 4 nitrogen and oxygen atoms in total. The van der Waals surface area contributed by atoms with Crippen LogP contribution in [0.5, 0.6) is 0 Å². The molecule has 21 heavy (non-hydrogen) atoms. The van der Waals surface area contributed by atoms with Crippen molar-refractivity contribution in [3.8, 4) is 5.69 Å². The number of imidazole rings is 1. The highest BCUT2D eigenvalue weighted by Gasteiger charge is 2.10. The minimum absolute atomic E-state index is 0.768. The van der Waals surface area contributed by atoms with Crippen LogP contribution in [0.2, 0.25) is 0 Å². The van der Waals surface area contributed by atoms with Crippen LogP contribution in [0.1, 0.15) is 24.6 Å². The lowest BCUT2D eigenvalue weighted by molar-refractivity contribution is 0.147. The second-order valence-electron chi connectivity index (χ2n) is 5.01. The molecule has 0 aliphatic rings. The minimum atomic E-state index is 0.768. The first-order valence-electron chi connectivity index (χ1n) is 7.26. The number of halogens is 1. The summed E-state index contributed by atoms with van der Waals surface area (Å²) in [6, 6.07) is 6.32. The van der Waals surface area contributed by atoms with Crippen LogP contribution >= 0.6 is 15.9 Å². The predicted octanol–water partition coefficient (Wildman–Crippen LogP) is 4.09. The van der Waals surface area contributed by atoms with Crippen LogP contribution in [-0.2, 0) is 4.74 Å². The first-order valence-corrected chi connectivity index (χ1v) is 8.05. The molecular weight excluding hydrogens is 330 g/mol. The van der Waals surface area contributed by atoms with E-state index in [-0.39, 0.29) is 0 Å². The van der Waals surface area contributed by atoms with E-state index in [1.165, 1.54) is 5.56 Å². The van der Waals surface area contributed by atoms with Gasteiger partial charge in [-0.25, -0.2) is 4.98 Å². The zero-order valence-corrected chi connectivity index (χ0v) is 14.4. The molecule has 2 aromatic rings. The highest BCUT2D eigenvalue weighted by Crippen LogP contribution is 2.25. The molecule has 0 radical (unpaired) electrons. The van der Waals surface area contributed by atoms with Gasteiger partial charge in [0.25, 0.3) is 0 Å². The van der Waals surface area contributed by atoms with E-state index in [1.807, 2.05) is 20.0 Å². The van der Waals surface area contributed by atoms with E-state index < -0.39 is 0 Å². The van der Waals surface area contributed by atoms with Crippen LogP contribution in [0.3, 0.4) is 0 Å². The molecule has 0 amide bonds. The van der Waals surface area contributed by atoms with Gasteiger partial charge in [0.15, 0.2) is 0 Å². The maximum absolute atomic E-state index is 5.35. The normalized spacial score (nSPS) is 10.9. The number of rotatable bonds is 7. The Morgan fingerprint density at radius 3 is 2.86 bits per heavy atom. The fourth-order valence-electron chi connectivity index (χ4n) is 2.13. The summed E-state index contributed by atoms with van der Waals surface area (Å²) >= 11 is 3.63. The summed E-state index contributed by atoms with van der Waals surface area (Å²) in [7, 11) is 0. The fraction of sp³-hybridized carbons (Fsp3) is 0.438. The van der Waals surface area contributed by atoms with Crippen LogP contribution in [0.4, 0.5) is 5.95 Å². The van der Waals surface area contributed by atoms with E-state index in [1.54, 1.807) is 0 Å². The number of anilines is 1. The van der Waals surface area contributed by atoms with Gasteiger partial charge in [-0.15, -0.1) is 0 Å². The predicted molar refractivity (Wildman–Crippen MR) is 90.3 cm³/mol. The van der Waals surface area contributed by atoms with Crippen molar-refractivity contribution in [2.24, 2.45) is 0 Å². The first-order chi connectivity index (χ1) is 10.1. The highest BCUT2D eigenvalue weighted by atomic mass is 79.9. The van der Waals surface area contributed by atoms with Gasteiger partial charge >= 0.3 is 0 Å². The van der Waals surface area contributed by atoms with Gasteiger partial charge in [-0.3, -0.25) is 4.57 Å². The zero-order valence-electron chi connectivity index (χ0n) is 12.8. The van der Waals surface area contributed by atoms with Crippen molar-refractivity contribution < 1.29 is 4.74 Å². The van der Waals surface area contributed by atoms with Gasteiger partial charge < -0.3 is 10.1 Å². The number of nitrogens with zero attached hydrogens (tertiary/aromatic N) is 2. The van der Waals surface area contributed by atoms with E-state index >= 15 is 0 Å². The van der Waals surface area contributed by atoms with Gasteiger partial charge in [-0.1, -0.05) is 6.07 Å². The molecule has 0 saturated carbocycles. The van der Waals surface area contributed by atoms with Crippen molar-refractivity contribution in [1.29, 1.82) is 0 Å². The van der Waals surface area contributed by atoms with E-state index in [2.05, 4.69) is 55.9 Å². The van der Waals surface area contributed by atoms with Crippen LogP contribution in [0, 0.1) is 13.8 Å². The number of aromatic nitrogens is 2. The number of ether oxygens (including phenoxy) is 1. The molecule has 0 aliphatic carbocycles. The first kappa shape index (κ1) is 16.0. The SMILES string of the molecule is CCOCCCNc1nc(C)cn1-c1ccc(C)cc1Br. The van der Waals surface area contributed by atoms with Gasteiger partial charge in [0, 0.05) is 30.4 Å². The molecule has 0 atom stereocenters. The Balaban J connectivity index is 2.13. The van der Waals surface area contributed by atoms with Gasteiger partial charge in [-0.2, -0.15) is 0 Å². The lowest BCUT2D eigenvalue weighted by Gasteiger charge is -2.12. The molecular formula is C16H22BrN3O. The second-order valence-corrected chi connectivity index (χ2v) is 5.86. The van der Waals surface area contributed by atoms with E-state index in [0.717, 1.165) is 48.0 Å². The van der Waals surface area contributed by atoms with Crippen LogP contribution in [0.25, 0.3) is 5.69 Å². The number of benzene rings is 1. The lowest BCUT2D eigenvalue weighted by Crippen LogP contribution is -2.10. The maximum atomic E-state index is 5.35. The summed E-state index contributed by atoms with van der Waals surface area (Å²) in [5, 5.41) is 3.38. The summed E-state index contributed by atoms with van der Waals surface area (Å²) < 4.78 is 8.50. The molecule has 2 rings (SSSR count). The van der Waals surface area contributed by atoms with E-state index in [0.29, 0.717) is 0 Å². The monoisotopic (exact) mass is 351 g/mol. The average molecular weight is 352 g/mol. The largest absolute Gasteiger partial charge is 0.382 e. The maximum Gasteiger partial charge on any atom is 0.207 e. The molecule has 0 unspecified atom stereocenters. The number of nitrogens with one attached hydrogen (secondary N) is 1. The Labute approximate surface area is 134 Å². The number of hydrogen-bond acceptors (Lipinski definition) is 3. The summed E-state index contributed by atoms with van der Waals surface area (Å²) in [6.07, 6.45) is 3.01. The van der Waals surface area contributed by atoms with Gasteiger partial charge in [0.1, 0.15) is 0 Å². The van der Waals surface area contributed by atoms with Crippen molar-refractivity contribution in [2.75, 3.05) is 25.1 Å². The number of aryl methyl sites for hydroxylation is 2.